The van der Waals surface area contributed by atoms with E-state index in [9.17, 15) is 18.3 Å². The molecule has 5 heteroatoms. The largest absolute Gasteiger partial charge is 0.422 e. The highest BCUT2D eigenvalue weighted by molar-refractivity contribution is 5.20. The third kappa shape index (κ3) is 1.87. The highest BCUT2D eigenvalue weighted by Crippen LogP contribution is 2.37. The Morgan fingerprint density at radius 1 is 1.36 bits per heavy atom. The van der Waals surface area contributed by atoms with E-state index in [2.05, 4.69) is 4.98 Å². The number of alkyl halides is 3. The quantitative estimate of drug-likeness (QED) is 0.762. The summed E-state index contributed by atoms with van der Waals surface area (Å²) < 4.78 is 37.1. The van der Waals surface area contributed by atoms with E-state index >= 15 is 0 Å². The Kier molecular flexibility index (Phi) is 2.54. The van der Waals surface area contributed by atoms with Crippen molar-refractivity contribution in [3.8, 4) is 0 Å². The number of nitrogens with zero attached hydrogens (tertiary/aromatic N) is 1. The average molecular weight is 205 g/mol. The Bertz CT molecular complexity index is 333. The lowest BCUT2D eigenvalue weighted by atomic mass is 10.00. The fourth-order valence-electron chi connectivity index (χ4n) is 0.948. The van der Waals surface area contributed by atoms with Gasteiger partial charge in [0.25, 0.3) is 0 Å². The Labute approximate surface area is 79.4 Å². The van der Waals surface area contributed by atoms with Gasteiger partial charge in [-0.2, -0.15) is 13.2 Å². The van der Waals surface area contributed by atoms with E-state index in [1.54, 1.807) is 13.0 Å². The van der Waals surface area contributed by atoms with Gasteiger partial charge >= 0.3 is 6.18 Å². The second kappa shape index (κ2) is 3.24. The van der Waals surface area contributed by atoms with Crippen LogP contribution in [-0.2, 0) is 5.60 Å². The highest BCUT2D eigenvalue weighted by atomic mass is 19.4. The molecule has 0 aliphatic heterocycles. The van der Waals surface area contributed by atoms with Crippen LogP contribution in [0.1, 0.15) is 18.2 Å². The third-order valence-electron chi connectivity index (χ3n) is 1.97. The standard InChI is InChI=1S/C9H10F3NO/c1-6-3-4-13-7(5-6)8(2,14)9(10,11)12/h3-5,14H,1-2H3. The molecule has 78 valence electrons. The molecule has 0 aliphatic rings. The van der Waals surface area contributed by atoms with E-state index in [1.807, 2.05) is 0 Å². The van der Waals surface area contributed by atoms with E-state index in [0.717, 1.165) is 0 Å². The van der Waals surface area contributed by atoms with Crippen LogP contribution in [-0.4, -0.2) is 16.3 Å². The van der Waals surface area contributed by atoms with Crippen molar-refractivity contribution in [2.75, 3.05) is 0 Å². The molecule has 1 heterocycles. The van der Waals surface area contributed by atoms with Gasteiger partial charge in [0.05, 0.1) is 5.69 Å². The number of aromatic nitrogens is 1. The van der Waals surface area contributed by atoms with Gasteiger partial charge in [0.1, 0.15) is 0 Å². The van der Waals surface area contributed by atoms with Gasteiger partial charge < -0.3 is 5.11 Å². The van der Waals surface area contributed by atoms with E-state index in [0.29, 0.717) is 12.5 Å². The second-order valence-corrected chi connectivity index (χ2v) is 3.29. The number of pyridine rings is 1. The molecular weight excluding hydrogens is 195 g/mol. The minimum atomic E-state index is -4.71. The second-order valence-electron chi connectivity index (χ2n) is 3.29. The SMILES string of the molecule is Cc1ccnc(C(C)(O)C(F)(F)F)c1. The zero-order chi connectivity index (χ0) is 11.0. The third-order valence-corrected chi connectivity index (χ3v) is 1.97. The molecule has 0 aromatic carbocycles. The molecule has 0 saturated heterocycles. The number of halogens is 3. The number of hydrogen-bond acceptors (Lipinski definition) is 2. The van der Waals surface area contributed by atoms with E-state index in [1.165, 1.54) is 12.3 Å². The lowest BCUT2D eigenvalue weighted by molar-refractivity contribution is -0.260. The topological polar surface area (TPSA) is 33.1 Å². The molecule has 0 bridgehead atoms. The summed E-state index contributed by atoms with van der Waals surface area (Å²) in [7, 11) is 0. The number of rotatable bonds is 1. The Balaban J connectivity index is 3.16. The first-order chi connectivity index (χ1) is 6.25. The van der Waals surface area contributed by atoms with Gasteiger partial charge in [-0.05, 0) is 31.5 Å². The number of aliphatic hydroxyl groups is 1. The summed E-state index contributed by atoms with van der Waals surface area (Å²) >= 11 is 0. The van der Waals surface area contributed by atoms with E-state index in [4.69, 9.17) is 0 Å². The molecule has 1 N–H and O–H groups in total. The maximum atomic E-state index is 12.4. The summed E-state index contributed by atoms with van der Waals surface area (Å²) in [5, 5.41) is 9.26. The molecule has 14 heavy (non-hydrogen) atoms. The lowest BCUT2D eigenvalue weighted by Crippen LogP contribution is -2.40. The van der Waals surface area contributed by atoms with Gasteiger partial charge in [0, 0.05) is 6.20 Å². The smallest absolute Gasteiger partial charge is 0.375 e. The molecule has 2 nitrogen and oxygen atoms in total. The van der Waals surface area contributed by atoms with Crippen molar-refractivity contribution in [2.45, 2.75) is 25.6 Å². The maximum Gasteiger partial charge on any atom is 0.422 e. The molecule has 0 saturated carbocycles. The Morgan fingerprint density at radius 2 is 1.93 bits per heavy atom. The van der Waals surface area contributed by atoms with Crippen molar-refractivity contribution in [3.05, 3.63) is 29.6 Å². The van der Waals surface area contributed by atoms with Crippen LogP contribution in [0.5, 0.6) is 0 Å². The van der Waals surface area contributed by atoms with Crippen LogP contribution >= 0.6 is 0 Å². The zero-order valence-electron chi connectivity index (χ0n) is 7.76. The highest BCUT2D eigenvalue weighted by Gasteiger charge is 2.52. The van der Waals surface area contributed by atoms with Crippen LogP contribution in [0, 0.1) is 6.92 Å². The lowest BCUT2D eigenvalue weighted by Gasteiger charge is -2.25. The molecule has 1 rings (SSSR count). The molecule has 1 atom stereocenters. The molecule has 0 fully saturated rings. The molecular formula is C9H10F3NO. The monoisotopic (exact) mass is 205 g/mol. The van der Waals surface area contributed by atoms with Gasteiger partial charge in [0.15, 0.2) is 5.60 Å². The molecule has 0 spiro atoms. The van der Waals surface area contributed by atoms with Gasteiger partial charge in [-0.3, -0.25) is 4.98 Å². The van der Waals surface area contributed by atoms with Crippen molar-refractivity contribution in [1.82, 2.24) is 4.98 Å². The van der Waals surface area contributed by atoms with Crippen LogP contribution in [0.3, 0.4) is 0 Å². The first kappa shape index (κ1) is 11.0. The summed E-state index contributed by atoms with van der Waals surface area (Å²) in [6.07, 6.45) is -3.47. The fourth-order valence-corrected chi connectivity index (χ4v) is 0.948. The summed E-state index contributed by atoms with van der Waals surface area (Å²) in [4.78, 5) is 3.51. The van der Waals surface area contributed by atoms with Crippen molar-refractivity contribution in [3.63, 3.8) is 0 Å². The fraction of sp³-hybridized carbons (Fsp3) is 0.444. The number of aryl methyl sites for hydroxylation is 1. The van der Waals surface area contributed by atoms with E-state index < -0.39 is 11.8 Å². The van der Waals surface area contributed by atoms with Gasteiger partial charge in [-0.25, -0.2) is 0 Å². The predicted octanol–water partition coefficient (Wildman–Crippen LogP) is 2.16. The maximum absolute atomic E-state index is 12.4. The van der Waals surface area contributed by atoms with Gasteiger partial charge in [-0.15, -0.1) is 0 Å². The van der Waals surface area contributed by atoms with Crippen molar-refractivity contribution in [1.29, 1.82) is 0 Å². The van der Waals surface area contributed by atoms with Crippen LogP contribution in [0.2, 0.25) is 0 Å². The van der Waals surface area contributed by atoms with Crippen molar-refractivity contribution >= 4 is 0 Å². The Hall–Kier alpha value is -1.10. The average Bonchev–Trinajstić information content (AvgIpc) is 2.02. The minimum absolute atomic E-state index is 0.384. The van der Waals surface area contributed by atoms with Crippen molar-refractivity contribution < 1.29 is 18.3 Å². The van der Waals surface area contributed by atoms with E-state index in [-0.39, 0.29) is 5.69 Å². The van der Waals surface area contributed by atoms with Gasteiger partial charge in [0.2, 0.25) is 0 Å². The van der Waals surface area contributed by atoms with Gasteiger partial charge in [-0.1, -0.05) is 0 Å². The first-order valence-electron chi connectivity index (χ1n) is 3.97. The number of hydrogen-bond donors (Lipinski definition) is 1. The summed E-state index contributed by atoms with van der Waals surface area (Å²) in [5.74, 6) is 0. The predicted molar refractivity (Wildman–Crippen MR) is 44.6 cm³/mol. The van der Waals surface area contributed by atoms with Crippen LogP contribution in [0.15, 0.2) is 18.3 Å². The molecule has 1 aromatic rings. The Morgan fingerprint density at radius 3 is 2.36 bits per heavy atom. The van der Waals surface area contributed by atoms with Crippen molar-refractivity contribution in [2.24, 2.45) is 0 Å². The molecule has 0 amide bonds. The minimum Gasteiger partial charge on any atom is -0.375 e. The summed E-state index contributed by atoms with van der Waals surface area (Å²) in [6.45, 7) is 2.33. The van der Waals surface area contributed by atoms with Crippen LogP contribution in [0.25, 0.3) is 0 Å². The van der Waals surface area contributed by atoms with Crippen LogP contribution < -0.4 is 0 Å². The molecule has 1 aromatic heterocycles. The van der Waals surface area contributed by atoms with Crippen LogP contribution in [0.4, 0.5) is 13.2 Å². The normalized spacial score (nSPS) is 16.4. The molecule has 0 aliphatic carbocycles. The molecule has 0 radical (unpaired) electrons. The summed E-state index contributed by atoms with van der Waals surface area (Å²) in [5.41, 5.74) is -2.65. The summed E-state index contributed by atoms with van der Waals surface area (Å²) in [6, 6.07) is 2.78. The zero-order valence-corrected chi connectivity index (χ0v) is 7.76. The first-order valence-corrected chi connectivity index (χ1v) is 3.97. The molecule has 1 unspecified atom stereocenters.